The summed E-state index contributed by atoms with van der Waals surface area (Å²) in [4.78, 5) is 14.4. The largest absolute Gasteiger partial charge is 0.326 e. The van der Waals surface area contributed by atoms with Crippen LogP contribution in [-0.2, 0) is 11.3 Å². The molecule has 0 heterocycles. The molecule has 118 valence electrons. The maximum Gasteiger partial charge on any atom is 0.227 e. The Morgan fingerprint density at radius 3 is 2.24 bits per heavy atom. The van der Waals surface area contributed by atoms with Gasteiger partial charge in [0.2, 0.25) is 5.91 Å². The van der Waals surface area contributed by atoms with Crippen molar-refractivity contribution in [1.29, 1.82) is 0 Å². The van der Waals surface area contributed by atoms with Crippen LogP contribution in [0.2, 0.25) is 0 Å². The van der Waals surface area contributed by atoms with E-state index in [0.717, 1.165) is 17.7 Å². The van der Waals surface area contributed by atoms with E-state index < -0.39 is 0 Å². The third-order valence-electron chi connectivity index (χ3n) is 3.58. The van der Waals surface area contributed by atoms with Crippen molar-refractivity contribution in [2.75, 3.05) is 11.4 Å². The van der Waals surface area contributed by atoms with Crippen molar-refractivity contribution in [2.45, 2.75) is 54.0 Å². The third kappa shape index (κ3) is 5.88. The Bertz CT molecular complexity index is 445. The average molecular weight is 290 g/mol. The Labute approximate surface area is 129 Å². The van der Waals surface area contributed by atoms with Gasteiger partial charge in [0.25, 0.3) is 0 Å². The molecule has 3 heteroatoms. The molecule has 1 amide bonds. The van der Waals surface area contributed by atoms with Gasteiger partial charge in [-0.05, 0) is 42.4 Å². The molecule has 0 saturated carbocycles. The molecule has 3 nitrogen and oxygen atoms in total. The van der Waals surface area contributed by atoms with Crippen LogP contribution in [0.4, 0.5) is 5.69 Å². The lowest BCUT2D eigenvalue weighted by atomic mass is 9.84. The molecule has 21 heavy (non-hydrogen) atoms. The van der Waals surface area contributed by atoms with Gasteiger partial charge in [-0.1, -0.05) is 39.8 Å². The topological polar surface area (TPSA) is 46.3 Å². The van der Waals surface area contributed by atoms with E-state index in [1.54, 1.807) is 0 Å². The SMILES string of the molecule is CCN(C(=O)CC(C)CC(C)(C)C)c1ccc(CN)cc1. The zero-order chi connectivity index (χ0) is 16.0. The van der Waals surface area contributed by atoms with E-state index in [-0.39, 0.29) is 11.3 Å². The monoisotopic (exact) mass is 290 g/mol. The molecule has 0 fully saturated rings. The van der Waals surface area contributed by atoms with Gasteiger partial charge in [-0.2, -0.15) is 0 Å². The fourth-order valence-corrected chi connectivity index (χ4v) is 2.84. The summed E-state index contributed by atoms with van der Waals surface area (Å²) in [6, 6.07) is 7.95. The standard InChI is InChI=1S/C18H30N2O/c1-6-20(16-9-7-15(13-19)8-10-16)17(21)11-14(2)12-18(3,4)5/h7-10,14H,6,11-13,19H2,1-5H3. The first-order valence-corrected chi connectivity index (χ1v) is 7.86. The van der Waals surface area contributed by atoms with Gasteiger partial charge in [-0.3, -0.25) is 4.79 Å². The molecule has 1 aromatic rings. The Morgan fingerprint density at radius 1 is 1.24 bits per heavy atom. The number of hydrogen-bond donors (Lipinski definition) is 1. The minimum Gasteiger partial charge on any atom is -0.326 e. The molecular formula is C18H30N2O. The van der Waals surface area contributed by atoms with Crippen LogP contribution in [0.15, 0.2) is 24.3 Å². The summed E-state index contributed by atoms with van der Waals surface area (Å²) >= 11 is 0. The van der Waals surface area contributed by atoms with Crippen LogP contribution < -0.4 is 10.6 Å². The number of rotatable bonds is 6. The number of benzene rings is 1. The van der Waals surface area contributed by atoms with Crippen LogP contribution >= 0.6 is 0 Å². The van der Waals surface area contributed by atoms with Gasteiger partial charge < -0.3 is 10.6 Å². The summed E-state index contributed by atoms with van der Waals surface area (Å²) in [7, 11) is 0. The van der Waals surface area contributed by atoms with Gasteiger partial charge in [0.1, 0.15) is 0 Å². The van der Waals surface area contributed by atoms with E-state index in [4.69, 9.17) is 5.73 Å². The third-order valence-corrected chi connectivity index (χ3v) is 3.58. The Morgan fingerprint density at radius 2 is 1.81 bits per heavy atom. The fourth-order valence-electron chi connectivity index (χ4n) is 2.84. The fraction of sp³-hybridized carbons (Fsp3) is 0.611. The van der Waals surface area contributed by atoms with Crippen LogP contribution in [0.25, 0.3) is 0 Å². The van der Waals surface area contributed by atoms with E-state index >= 15 is 0 Å². The molecule has 2 N–H and O–H groups in total. The van der Waals surface area contributed by atoms with Crippen molar-refractivity contribution in [3.05, 3.63) is 29.8 Å². The lowest BCUT2D eigenvalue weighted by molar-refractivity contribution is -0.119. The van der Waals surface area contributed by atoms with Crippen LogP contribution in [-0.4, -0.2) is 12.5 Å². The number of nitrogens with two attached hydrogens (primary N) is 1. The number of nitrogens with zero attached hydrogens (tertiary/aromatic N) is 1. The number of anilines is 1. The molecule has 0 saturated heterocycles. The second kappa shape index (κ2) is 7.60. The highest BCUT2D eigenvalue weighted by Crippen LogP contribution is 2.27. The van der Waals surface area contributed by atoms with Gasteiger partial charge in [0.15, 0.2) is 0 Å². The van der Waals surface area contributed by atoms with Crippen LogP contribution in [0, 0.1) is 11.3 Å². The summed E-state index contributed by atoms with van der Waals surface area (Å²) < 4.78 is 0. The molecule has 0 aliphatic heterocycles. The maximum absolute atomic E-state index is 12.5. The molecule has 0 spiro atoms. The molecule has 0 bridgehead atoms. The van der Waals surface area contributed by atoms with E-state index in [9.17, 15) is 4.79 Å². The smallest absolute Gasteiger partial charge is 0.227 e. The van der Waals surface area contributed by atoms with Crippen LogP contribution in [0.5, 0.6) is 0 Å². The van der Waals surface area contributed by atoms with Crippen LogP contribution in [0.1, 0.15) is 53.0 Å². The molecule has 1 rings (SSSR count). The Balaban J connectivity index is 2.72. The molecule has 1 aromatic carbocycles. The van der Waals surface area contributed by atoms with Gasteiger partial charge in [-0.25, -0.2) is 0 Å². The van der Waals surface area contributed by atoms with Gasteiger partial charge in [0.05, 0.1) is 0 Å². The summed E-state index contributed by atoms with van der Waals surface area (Å²) in [5, 5.41) is 0. The second-order valence-electron chi connectivity index (χ2n) is 7.08. The normalized spacial score (nSPS) is 13.0. The minimum absolute atomic E-state index is 0.203. The van der Waals surface area contributed by atoms with Crippen molar-refractivity contribution in [1.82, 2.24) is 0 Å². The zero-order valence-electron chi connectivity index (χ0n) is 14.1. The van der Waals surface area contributed by atoms with E-state index in [0.29, 0.717) is 25.4 Å². The molecule has 0 radical (unpaired) electrons. The van der Waals surface area contributed by atoms with E-state index in [2.05, 4.69) is 27.7 Å². The van der Waals surface area contributed by atoms with Crippen molar-refractivity contribution >= 4 is 11.6 Å². The molecule has 1 unspecified atom stereocenters. The highest BCUT2D eigenvalue weighted by atomic mass is 16.2. The zero-order valence-corrected chi connectivity index (χ0v) is 14.1. The lowest BCUT2D eigenvalue weighted by Crippen LogP contribution is -2.32. The van der Waals surface area contributed by atoms with Gasteiger partial charge >= 0.3 is 0 Å². The minimum atomic E-state index is 0.203. The van der Waals surface area contributed by atoms with Crippen molar-refractivity contribution in [2.24, 2.45) is 17.1 Å². The first-order valence-electron chi connectivity index (χ1n) is 7.86. The first-order chi connectivity index (χ1) is 9.76. The maximum atomic E-state index is 12.5. The van der Waals surface area contributed by atoms with Crippen molar-refractivity contribution in [3.8, 4) is 0 Å². The Kier molecular flexibility index (Phi) is 6.41. The van der Waals surface area contributed by atoms with Crippen LogP contribution in [0.3, 0.4) is 0 Å². The summed E-state index contributed by atoms with van der Waals surface area (Å²) in [6.07, 6.45) is 1.66. The predicted molar refractivity (Wildman–Crippen MR) is 90.2 cm³/mol. The second-order valence-corrected chi connectivity index (χ2v) is 7.08. The summed E-state index contributed by atoms with van der Waals surface area (Å²) in [6.45, 7) is 12.1. The quantitative estimate of drug-likeness (QED) is 0.862. The van der Waals surface area contributed by atoms with E-state index in [1.165, 1.54) is 0 Å². The first kappa shape index (κ1) is 17.7. The number of amides is 1. The van der Waals surface area contributed by atoms with Crippen molar-refractivity contribution in [3.63, 3.8) is 0 Å². The lowest BCUT2D eigenvalue weighted by Gasteiger charge is -2.26. The number of hydrogen-bond acceptors (Lipinski definition) is 2. The number of carbonyl (C=O) groups excluding carboxylic acids is 1. The predicted octanol–water partition coefficient (Wildman–Crippen LogP) is 3.96. The van der Waals surface area contributed by atoms with Gasteiger partial charge in [-0.15, -0.1) is 0 Å². The van der Waals surface area contributed by atoms with E-state index in [1.807, 2.05) is 36.1 Å². The summed E-state index contributed by atoms with van der Waals surface area (Å²) in [5.41, 5.74) is 7.92. The molecule has 0 aliphatic carbocycles. The highest BCUT2D eigenvalue weighted by molar-refractivity contribution is 5.93. The summed E-state index contributed by atoms with van der Waals surface area (Å²) in [5.74, 6) is 0.601. The number of carbonyl (C=O) groups is 1. The molecular weight excluding hydrogens is 260 g/mol. The Hall–Kier alpha value is -1.35. The molecule has 1 atom stereocenters. The van der Waals surface area contributed by atoms with Gasteiger partial charge in [0, 0.05) is 25.2 Å². The molecule has 0 aromatic heterocycles. The highest BCUT2D eigenvalue weighted by Gasteiger charge is 2.21. The average Bonchev–Trinajstić information content (AvgIpc) is 2.38. The van der Waals surface area contributed by atoms with Crippen molar-refractivity contribution < 1.29 is 4.79 Å². The molecule has 0 aliphatic rings.